The number of para-hydroxylation sites is 1. The van der Waals surface area contributed by atoms with Crippen molar-refractivity contribution in [3.63, 3.8) is 0 Å². The first kappa shape index (κ1) is 10.7. The maximum Gasteiger partial charge on any atom is 0.0495 e. The minimum Gasteiger partial charge on any atom is -0.341 e. The Kier molecular flexibility index (Phi) is 2.43. The topological polar surface area (TPSA) is 53.7 Å². The zero-order valence-electron chi connectivity index (χ0n) is 10.0. The van der Waals surface area contributed by atoms with Crippen LogP contribution in [0.4, 0.5) is 5.69 Å². The van der Waals surface area contributed by atoms with E-state index in [1.807, 2.05) is 30.3 Å². The number of nitrogens with zero attached hydrogens (tertiary/aromatic N) is 4. The van der Waals surface area contributed by atoms with Gasteiger partial charge in [-0.2, -0.15) is 0 Å². The number of aromatic nitrogens is 1. The van der Waals surface area contributed by atoms with Crippen LogP contribution >= 0.6 is 0 Å². The first-order valence-electron chi connectivity index (χ1n) is 5.91. The van der Waals surface area contributed by atoms with Gasteiger partial charge in [-0.3, -0.25) is 0 Å². The van der Waals surface area contributed by atoms with E-state index in [0.29, 0.717) is 5.69 Å². The summed E-state index contributed by atoms with van der Waals surface area (Å²) in [5.74, 6) is 0. The summed E-state index contributed by atoms with van der Waals surface area (Å²) >= 11 is 0. The predicted molar refractivity (Wildman–Crippen MR) is 73.9 cm³/mol. The van der Waals surface area contributed by atoms with Crippen molar-refractivity contribution in [2.45, 2.75) is 13.5 Å². The van der Waals surface area contributed by atoms with Gasteiger partial charge in [-0.15, -0.1) is 0 Å². The Hall–Kier alpha value is -2.45. The summed E-state index contributed by atoms with van der Waals surface area (Å²) in [6.07, 6.45) is 0. The van der Waals surface area contributed by atoms with E-state index in [1.165, 1.54) is 16.3 Å². The van der Waals surface area contributed by atoms with Crippen LogP contribution in [0.1, 0.15) is 6.92 Å². The summed E-state index contributed by atoms with van der Waals surface area (Å²) in [6, 6.07) is 14.1. The second kappa shape index (κ2) is 4.09. The third-order valence-electron chi connectivity index (χ3n) is 3.23. The molecule has 18 heavy (non-hydrogen) atoms. The van der Waals surface area contributed by atoms with Crippen LogP contribution in [0.5, 0.6) is 0 Å². The second-order valence-corrected chi connectivity index (χ2v) is 4.15. The van der Waals surface area contributed by atoms with Crippen molar-refractivity contribution in [3.05, 3.63) is 52.9 Å². The first-order valence-corrected chi connectivity index (χ1v) is 5.91. The molecule has 0 atom stereocenters. The Balaban J connectivity index is 2.47. The molecule has 4 nitrogen and oxygen atoms in total. The van der Waals surface area contributed by atoms with E-state index in [4.69, 9.17) is 5.53 Å². The maximum absolute atomic E-state index is 8.51. The van der Waals surface area contributed by atoms with Gasteiger partial charge < -0.3 is 4.57 Å². The fourth-order valence-electron chi connectivity index (χ4n) is 2.49. The standard InChI is InChI=1S/C14H12N4/c1-2-18-13-6-4-3-5-11(13)12-8-7-10(16-17-15)9-14(12)18/h3-9H,2H2,1H3. The smallest absolute Gasteiger partial charge is 0.0495 e. The van der Waals surface area contributed by atoms with Gasteiger partial charge in [0.25, 0.3) is 0 Å². The highest BCUT2D eigenvalue weighted by atomic mass is 15.1. The summed E-state index contributed by atoms with van der Waals surface area (Å²) in [5, 5.41) is 6.11. The molecular formula is C14H12N4. The molecule has 1 heterocycles. The van der Waals surface area contributed by atoms with Gasteiger partial charge in [-0.05, 0) is 24.6 Å². The van der Waals surface area contributed by atoms with Crippen LogP contribution in [0.25, 0.3) is 32.2 Å². The lowest BCUT2D eigenvalue weighted by molar-refractivity contribution is 0.827. The average Bonchev–Trinajstić information content (AvgIpc) is 2.72. The molecule has 0 radical (unpaired) electrons. The number of fused-ring (bicyclic) bond motifs is 3. The first-order chi connectivity index (χ1) is 8.85. The molecule has 0 unspecified atom stereocenters. The van der Waals surface area contributed by atoms with Crippen molar-refractivity contribution in [3.8, 4) is 0 Å². The van der Waals surface area contributed by atoms with Crippen molar-refractivity contribution in [2.75, 3.05) is 0 Å². The Bertz CT molecular complexity index is 779. The monoisotopic (exact) mass is 236 g/mol. The molecule has 0 aliphatic heterocycles. The van der Waals surface area contributed by atoms with E-state index in [1.54, 1.807) is 0 Å². The van der Waals surface area contributed by atoms with Crippen molar-refractivity contribution in [1.29, 1.82) is 0 Å². The second-order valence-electron chi connectivity index (χ2n) is 4.15. The predicted octanol–water partition coefficient (Wildman–Crippen LogP) is 4.76. The molecule has 0 saturated carbocycles. The quantitative estimate of drug-likeness (QED) is 0.350. The van der Waals surface area contributed by atoms with Crippen molar-refractivity contribution in [2.24, 2.45) is 5.11 Å². The summed E-state index contributed by atoms with van der Waals surface area (Å²) in [6.45, 7) is 3.01. The molecule has 0 spiro atoms. The molecule has 0 saturated heterocycles. The lowest BCUT2D eigenvalue weighted by Gasteiger charge is -2.02. The van der Waals surface area contributed by atoms with Crippen LogP contribution < -0.4 is 0 Å². The molecule has 0 fully saturated rings. The number of hydrogen-bond acceptors (Lipinski definition) is 1. The Labute approximate surface area is 104 Å². The average molecular weight is 236 g/mol. The molecule has 3 aromatic rings. The normalized spacial score (nSPS) is 10.7. The van der Waals surface area contributed by atoms with E-state index < -0.39 is 0 Å². The molecule has 1 aromatic heterocycles. The van der Waals surface area contributed by atoms with Gasteiger partial charge in [0.2, 0.25) is 0 Å². The fourth-order valence-corrected chi connectivity index (χ4v) is 2.49. The van der Waals surface area contributed by atoms with Crippen LogP contribution in [-0.2, 0) is 6.54 Å². The molecule has 0 amide bonds. The van der Waals surface area contributed by atoms with Crippen LogP contribution in [-0.4, -0.2) is 4.57 Å². The van der Waals surface area contributed by atoms with Crippen molar-refractivity contribution < 1.29 is 0 Å². The van der Waals surface area contributed by atoms with Gasteiger partial charge in [0.1, 0.15) is 0 Å². The molecule has 3 rings (SSSR count). The Morgan fingerprint density at radius 2 is 1.89 bits per heavy atom. The van der Waals surface area contributed by atoms with Gasteiger partial charge in [-0.1, -0.05) is 35.4 Å². The lowest BCUT2D eigenvalue weighted by atomic mass is 10.1. The molecule has 0 N–H and O–H groups in total. The van der Waals surface area contributed by atoms with E-state index in [0.717, 1.165) is 12.1 Å². The van der Waals surface area contributed by atoms with Gasteiger partial charge in [0.05, 0.1) is 0 Å². The highest BCUT2D eigenvalue weighted by Crippen LogP contribution is 2.31. The Morgan fingerprint density at radius 3 is 2.67 bits per heavy atom. The number of aryl methyl sites for hydroxylation is 1. The fraction of sp³-hybridized carbons (Fsp3) is 0.143. The zero-order chi connectivity index (χ0) is 12.5. The van der Waals surface area contributed by atoms with Crippen LogP contribution in [0, 0.1) is 0 Å². The number of azide groups is 1. The van der Waals surface area contributed by atoms with Gasteiger partial charge in [0.15, 0.2) is 0 Å². The minimum atomic E-state index is 0.655. The van der Waals surface area contributed by atoms with Crippen molar-refractivity contribution in [1.82, 2.24) is 4.57 Å². The zero-order valence-corrected chi connectivity index (χ0v) is 10.0. The number of benzene rings is 2. The molecule has 0 bridgehead atoms. The van der Waals surface area contributed by atoms with Crippen LogP contribution in [0.15, 0.2) is 47.6 Å². The molecule has 0 aliphatic carbocycles. The summed E-state index contributed by atoms with van der Waals surface area (Å²) < 4.78 is 2.24. The molecule has 2 aromatic carbocycles. The van der Waals surface area contributed by atoms with Crippen LogP contribution in [0.3, 0.4) is 0 Å². The van der Waals surface area contributed by atoms with E-state index in [9.17, 15) is 0 Å². The summed E-state index contributed by atoms with van der Waals surface area (Å²) in [5.41, 5.74) is 11.5. The van der Waals surface area contributed by atoms with E-state index in [-0.39, 0.29) is 0 Å². The summed E-state index contributed by atoms with van der Waals surface area (Å²) in [4.78, 5) is 2.84. The third kappa shape index (κ3) is 1.44. The largest absolute Gasteiger partial charge is 0.341 e. The highest BCUT2D eigenvalue weighted by Gasteiger charge is 2.08. The van der Waals surface area contributed by atoms with Crippen molar-refractivity contribution >= 4 is 27.5 Å². The number of hydrogen-bond donors (Lipinski definition) is 0. The van der Waals surface area contributed by atoms with Gasteiger partial charge in [-0.25, -0.2) is 0 Å². The maximum atomic E-state index is 8.51. The molecular weight excluding hydrogens is 224 g/mol. The van der Waals surface area contributed by atoms with Gasteiger partial charge >= 0.3 is 0 Å². The third-order valence-corrected chi connectivity index (χ3v) is 3.23. The summed E-state index contributed by atoms with van der Waals surface area (Å²) in [7, 11) is 0. The molecule has 88 valence electrons. The SMILES string of the molecule is CCn1c2ccccc2c2ccc(N=[N+]=[N-])cc21. The molecule has 0 aliphatic rings. The molecule has 4 heteroatoms. The Morgan fingerprint density at radius 1 is 1.11 bits per heavy atom. The minimum absolute atomic E-state index is 0.655. The highest BCUT2D eigenvalue weighted by molar-refractivity contribution is 6.08. The number of rotatable bonds is 2. The van der Waals surface area contributed by atoms with Gasteiger partial charge in [0, 0.05) is 38.9 Å². The van der Waals surface area contributed by atoms with E-state index in [2.05, 4.69) is 33.6 Å². The lowest BCUT2D eigenvalue weighted by Crippen LogP contribution is -1.92. The van der Waals surface area contributed by atoms with E-state index >= 15 is 0 Å². The van der Waals surface area contributed by atoms with Crippen LogP contribution in [0.2, 0.25) is 0 Å².